The minimum absolute atomic E-state index is 0.0985. The highest BCUT2D eigenvalue weighted by molar-refractivity contribution is 7.86. The van der Waals surface area contributed by atoms with E-state index in [0.717, 1.165) is 19.1 Å². The zero-order valence-corrected chi connectivity index (χ0v) is 12.6. The van der Waals surface area contributed by atoms with Crippen LogP contribution in [0.3, 0.4) is 0 Å². The molecule has 8 heteroatoms. The van der Waals surface area contributed by atoms with Crippen LogP contribution in [0.2, 0.25) is 0 Å². The minimum Gasteiger partial charge on any atom is -0.467 e. The van der Waals surface area contributed by atoms with Gasteiger partial charge >= 0.3 is 5.97 Å². The number of esters is 1. The molecule has 7 nitrogen and oxygen atoms in total. The molecule has 20 heavy (non-hydrogen) atoms. The van der Waals surface area contributed by atoms with Gasteiger partial charge in [0.2, 0.25) is 5.91 Å². The molecule has 1 aliphatic heterocycles. The first-order chi connectivity index (χ1) is 9.16. The standard InChI is InChI=1S/C12H19NO6S/c1-12(4-5-12)11(15)13-7-8(19-20(3,16)17)6-9(13)10(14)18-2/h8-9H,4-7H2,1-3H3/t8-,9+/m1/s1. The van der Waals surface area contributed by atoms with Crippen LogP contribution in [0.1, 0.15) is 26.2 Å². The third kappa shape index (κ3) is 3.12. The summed E-state index contributed by atoms with van der Waals surface area (Å²) in [6.07, 6.45) is 1.97. The number of ether oxygens (including phenoxy) is 1. The fourth-order valence-electron chi connectivity index (χ4n) is 2.45. The van der Waals surface area contributed by atoms with Gasteiger partial charge in [0.25, 0.3) is 10.1 Å². The Balaban J connectivity index is 2.15. The number of hydrogen-bond donors (Lipinski definition) is 0. The molecular formula is C12H19NO6S. The van der Waals surface area contributed by atoms with Crippen LogP contribution >= 0.6 is 0 Å². The van der Waals surface area contributed by atoms with Crippen LogP contribution < -0.4 is 0 Å². The van der Waals surface area contributed by atoms with Crippen molar-refractivity contribution in [2.24, 2.45) is 5.41 Å². The monoisotopic (exact) mass is 305 g/mol. The number of likely N-dealkylation sites (tertiary alicyclic amines) is 1. The van der Waals surface area contributed by atoms with Crippen LogP contribution in [-0.2, 0) is 28.6 Å². The minimum atomic E-state index is -3.62. The molecule has 1 saturated heterocycles. The second-order valence-corrected chi connectivity index (χ2v) is 7.32. The smallest absolute Gasteiger partial charge is 0.328 e. The van der Waals surface area contributed by atoms with Gasteiger partial charge in [-0.2, -0.15) is 8.42 Å². The lowest BCUT2D eigenvalue weighted by atomic mass is 10.1. The summed E-state index contributed by atoms with van der Waals surface area (Å²) in [6.45, 7) is 1.94. The number of nitrogens with zero attached hydrogens (tertiary/aromatic N) is 1. The summed E-state index contributed by atoms with van der Waals surface area (Å²) in [5.74, 6) is -0.672. The summed E-state index contributed by atoms with van der Waals surface area (Å²) in [7, 11) is -2.38. The van der Waals surface area contributed by atoms with Crippen molar-refractivity contribution in [3.8, 4) is 0 Å². The number of carbonyl (C=O) groups is 2. The summed E-state index contributed by atoms with van der Waals surface area (Å²) in [5, 5.41) is 0. The Bertz CT molecular complexity index is 524. The molecule has 0 bridgehead atoms. The number of methoxy groups -OCH3 is 1. The van der Waals surface area contributed by atoms with Crippen LogP contribution in [0.15, 0.2) is 0 Å². The van der Waals surface area contributed by atoms with E-state index in [-0.39, 0.29) is 18.9 Å². The maximum Gasteiger partial charge on any atom is 0.328 e. The average Bonchev–Trinajstić information content (AvgIpc) is 2.96. The van der Waals surface area contributed by atoms with Gasteiger partial charge in [-0.1, -0.05) is 6.92 Å². The molecule has 1 heterocycles. The lowest BCUT2D eigenvalue weighted by Crippen LogP contribution is -2.44. The average molecular weight is 305 g/mol. The number of rotatable bonds is 4. The van der Waals surface area contributed by atoms with E-state index in [1.54, 1.807) is 0 Å². The number of hydrogen-bond acceptors (Lipinski definition) is 6. The second-order valence-electron chi connectivity index (χ2n) is 5.72. The lowest BCUT2D eigenvalue weighted by molar-refractivity contribution is -0.152. The zero-order valence-electron chi connectivity index (χ0n) is 11.8. The Kier molecular flexibility index (Phi) is 3.81. The highest BCUT2D eigenvalue weighted by Gasteiger charge is 2.52. The molecule has 0 spiro atoms. The van der Waals surface area contributed by atoms with Crippen molar-refractivity contribution >= 4 is 22.0 Å². The molecule has 0 radical (unpaired) electrons. The van der Waals surface area contributed by atoms with Gasteiger partial charge in [0, 0.05) is 18.4 Å². The van der Waals surface area contributed by atoms with Gasteiger partial charge in [0.05, 0.1) is 19.5 Å². The summed E-state index contributed by atoms with van der Waals surface area (Å²) < 4.78 is 32.0. The van der Waals surface area contributed by atoms with Crippen LogP contribution in [0, 0.1) is 5.41 Å². The van der Waals surface area contributed by atoms with Crippen molar-refractivity contribution in [1.29, 1.82) is 0 Å². The predicted octanol–water partition coefficient (Wildman–Crippen LogP) is -0.0948. The van der Waals surface area contributed by atoms with Crippen molar-refractivity contribution in [2.75, 3.05) is 19.9 Å². The topological polar surface area (TPSA) is 90.0 Å². The Morgan fingerprint density at radius 3 is 2.35 bits per heavy atom. The quantitative estimate of drug-likeness (QED) is 0.532. The van der Waals surface area contributed by atoms with Crippen molar-refractivity contribution < 1.29 is 26.9 Å². The molecule has 0 N–H and O–H groups in total. The van der Waals surface area contributed by atoms with E-state index in [1.165, 1.54) is 12.0 Å². The first-order valence-electron chi connectivity index (χ1n) is 6.43. The van der Waals surface area contributed by atoms with E-state index in [2.05, 4.69) is 4.74 Å². The first-order valence-corrected chi connectivity index (χ1v) is 8.25. The number of carbonyl (C=O) groups excluding carboxylic acids is 2. The van der Waals surface area contributed by atoms with Gasteiger partial charge in [0.1, 0.15) is 6.04 Å². The highest BCUT2D eigenvalue weighted by Crippen LogP contribution is 2.47. The predicted molar refractivity (Wildman–Crippen MR) is 69.2 cm³/mol. The first kappa shape index (κ1) is 15.2. The third-order valence-electron chi connectivity index (χ3n) is 3.82. The van der Waals surface area contributed by atoms with Crippen molar-refractivity contribution in [3.05, 3.63) is 0 Å². The molecule has 2 atom stereocenters. The van der Waals surface area contributed by atoms with E-state index in [1.807, 2.05) is 6.92 Å². The third-order valence-corrected chi connectivity index (χ3v) is 4.45. The second kappa shape index (κ2) is 5.00. The van der Waals surface area contributed by atoms with Crippen LogP contribution in [-0.4, -0.2) is 57.3 Å². The summed E-state index contributed by atoms with van der Waals surface area (Å²) in [6, 6.07) is -0.767. The van der Waals surface area contributed by atoms with Gasteiger partial charge in [-0.25, -0.2) is 4.79 Å². The normalized spacial score (nSPS) is 28.2. The summed E-state index contributed by atoms with van der Waals surface area (Å²) in [4.78, 5) is 25.5. The molecule has 2 fully saturated rings. The van der Waals surface area contributed by atoms with E-state index in [9.17, 15) is 18.0 Å². The molecule has 2 rings (SSSR count). The number of amides is 1. The van der Waals surface area contributed by atoms with E-state index in [0.29, 0.717) is 0 Å². The molecule has 1 saturated carbocycles. The van der Waals surface area contributed by atoms with Gasteiger partial charge in [-0.15, -0.1) is 0 Å². The molecule has 0 aromatic heterocycles. The zero-order chi connectivity index (χ0) is 15.1. The molecule has 0 aromatic rings. The maximum absolute atomic E-state index is 12.4. The molecule has 1 aliphatic carbocycles. The highest BCUT2D eigenvalue weighted by atomic mass is 32.2. The molecule has 0 aromatic carbocycles. The molecule has 1 amide bonds. The maximum atomic E-state index is 12.4. The Morgan fingerprint density at radius 1 is 1.30 bits per heavy atom. The van der Waals surface area contributed by atoms with Crippen LogP contribution in [0.4, 0.5) is 0 Å². The Labute approximate surface area is 118 Å². The summed E-state index contributed by atoms with van der Waals surface area (Å²) in [5.41, 5.74) is -0.424. The Hall–Kier alpha value is -1.15. The van der Waals surface area contributed by atoms with E-state index < -0.39 is 33.6 Å². The van der Waals surface area contributed by atoms with E-state index in [4.69, 9.17) is 4.18 Å². The lowest BCUT2D eigenvalue weighted by Gasteiger charge is -2.25. The molecular weight excluding hydrogens is 286 g/mol. The molecule has 2 aliphatic rings. The van der Waals surface area contributed by atoms with Gasteiger partial charge in [-0.05, 0) is 12.8 Å². The summed E-state index contributed by atoms with van der Waals surface area (Å²) >= 11 is 0. The fraction of sp³-hybridized carbons (Fsp3) is 0.833. The van der Waals surface area contributed by atoms with Gasteiger partial charge in [-0.3, -0.25) is 8.98 Å². The van der Waals surface area contributed by atoms with Crippen molar-refractivity contribution in [3.63, 3.8) is 0 Å². The van der Waals surface area contributed by atoms with Crippen LogP contribution in [0.25, 0.3) is 0 Å². The Morgan fingerprint density at radius 2 is 1.90 bits per heavy atom. The van der Waals surface area contributed by atoms with E-state index >= 15 is 0 Å². The molecule has 114 valence electrons. The van der Waals surface area contributed by atoms with Gasteiger partial charge < -0.3 is 9.64 Å². The fourth-order valence-corrected chi connectivity index (χ4v) is 3.08. The van der Waals surface area contributed by atoms with Crippen molar-refractivity contribution in [1.82, 2.24) is 4.90 Å². The van der Waals surface area contributed by atoms with Crippen LogP contribution in [0.5, 0.6) is 0 Å². The largest absolute Gasteiger partial charge is 0.467 e. The van der Waals surface area contributed by atoms with Crippen molar-refractivity contribution in [2.45, 2.75) is 38.3 Å². The molecule has 0 unspecified atom stereocenters. The SMILES string of the molecule is COC(=O)[C@@H]1C[C@@H](OS(C)(=O)=O)CN1C(=O)C1(C)CC1. The van der Waals surface area contributed by atoms with Gasteiger partial charge in [0.15, 0.2) is 0 Å².